The Bertz CT molecular complexity index is 2180. The summed E-state index contributed by atoms with van der Waals surface area (Å²) >= 11 is 0. The van der Waals surface area contributed by atoms with Gasteiger partial charge in [0, 0.05) is 17.4 Å². The van der Waals surface area contributed by atoms with Gasteiger partial charge in [0.15, 0.2) is 23.1 Å². The van der Waals surface area contributed by atoms with Gasteiger partial charge < -0.3 is 14.6 Å². The molecular weight excluding hydrogens is 654 g/mol. The van der Waals surface area contributed by atoms with Gasteiger partial charge in [-0.1, -0.05) is 97.1 Å². The molecule has 2 amide bonds. The molecule has 0 aromatic heterocycles. The Morgan fingerprint density at radius 2 is 1.46 bits per heavy atom. The lowest BCUT2D eigenvalue weighted by atomic mass is 9.44. The van der Waals surface area contributed by atoms with E-state index in [1.54, 1.807) is 30.3 Å². The number of phenols is 1. The van der Waals surface area contributed by atoms with Gasteiger partial charge in [-0.2, -0.15) is 0 Å². The fraction of sp³-hybridized carbons (Fsp3) is 0.227. The molecule has 1 saturated heterocycles. The molecule has 52 heavy (non-hydrogen) atoms. The van der Waals surface area contributed by atoms with Gasteiger partial charge in [0.2, 0.25) is 17.6 Å². The van der Waals surface area contributed by atoms with E-state index in [0.717, 1.165) is 11.1 Å². The molecule has 0 bridgehead atoms. The van der Waals surface area contributed by atoms with Crippen LogP contribution in [-0.2, 0) is 24.6 Å². The van der Waals surface area contributed by atoms with Crippen LogP contribution in [0, 0.1) is 23.7 Å². The summed E-state index contributed by atoms with van der Waals surface area (Å²) in [5, 5.41) is 11.0. The predicted molar refractivity (Wildman–Crippen MR) is 197 cm³/mol. The summed E-state index contributed by atoms with van der Waals surface area (Å²) in [6.07, 6.45) is 5.65. The van der Waals surface area contributed by atoms with E-state index in [2.05, 4.69) is 6.58 Å². The molecule has 4 aromatic rings. The average molecular weight is 692 g/mol. The number of benzene rings is 4. The first kappa shape index (κ1) is 33.1. The van der Waals surface area contributed by atoms with E-state index in [0.29, 0.717) is 28.0 Å². The molecule has 0 radical (unpaired) electrons. The average Bonchev–Trinajstić information content (AvgIpc) is 3.44. The minimum absolute atomic E-state index is 0.141. The topological polar surface area (TPSA) is 110 Å². The number of ether oxygens (including phenoxy) is 2. The van der Waals surface area contributed by atoms with E-state index in [9.17, 15) is 14.7 Å². The SMILES string of the molecule is C=Cc1ccc(N2C(=O)[C@H]3[C@H](CC=C4[C@H]3C[C@H]3C(=O)C(c5ccccc5)=CC(=O)[C@@]3(c3ccccc3)[C@H]4c3cc(OC)c(O)c(OC)c3)C2=O)cc1. The lowest BCUT2D eigenvalue weighted by Gasteiger charge is -2.55. The molecule has 8 rings (SSSR count). The highest BCUT2D eigenvalue weighted by Crippen LogP contribution is 2.64. The van der Waals surface area contributed by atoms with Crippen molar-refractivity contribution in [1.29, 1.82) is 0 Å². The number of anilines is 1. The predicted octanol–water partition coefficient (Wildman–Crippen LogP) is 7.08. The standard InChI is InChI=1S/C44H37NO7/c1-4-25-15-17-29(18-16-25)45-42(49)31-20-19-30-33(38(31)43(45)50)23-34-40(47)32(26-11-7-5-8-12-26)24-37(46)44(34,28-13-9-6-10-14-28)39(30)27-21-35(51-2)41(48)36(22-27)52-3/h4-19,21-22,24,31,33-34,38-39,48H,1,20,23H2,2-3H3/t31-,33+,34-,38-,39-,44-/m0/s1. The third-order valence-corrected chi connectivity index (χ3v) is 11.6. The van der Waals surface area contributed by atoms with Gasteiger partial charge >= 0.3 is 0 Å². The largest absolute Gasteiger partial charge is 0.502 e. The Kier molecular flexibility index (Phi) is 8.05. The zero-order valence-electron chi connectivity index (χ0n) is 28.8. The number of phenolic OH excluding ortho intramolecular Hbond substituents is 1. The lowest BCUT2D eigenvalue weighted by molar-refractivity contribution is -0.135. The van der Waals surface area contributed by atoms with Crippen LogP contribution < -0.4 is 14.4 Å². The van der Waals surface area contributed by atoms with Crippen molar-refractivity contribution in [2.24, 2.45) is 23.7 Å². The van der Waals surface area contributed by atoms with Gasteiger partial charge in [0.1, 0.15) is 0 Å². The van der Waals surface area contributed by atoms with Crippen LogP contribution in [0.4, 0.5) is 5.69 Å². The Labute approximate surface area is 301 Å². The normalized spacial score (nSPS) is 26.5. The molecule has 8 heteroatoms. The molecule has 3 aliphatic carbocycles. The molecule has 260 valence electrons. The summed E-state index contributed by atoms with van der Waals surface area (Å²) in [6, 6.07) is 29.0. The fourth-order valence-corrected chi connectivity index (χ4v) is 9.34. The van der Waals surface area contributed by atoms with Gasteiger partial charge in [-0.3, -0.25) is 24.1 Å². The highest BCUT2D eigenvalue weighted by molar-refractivity contribution is 6.32. The van der Waals surface area contributed by atoms with E-state index in [1.807, 2.05) is 78.9 Å². The van der Waals surface area contributed by atoms with Crippen molar-refractivity contribution in [3.63, 3.8) is 0 Å². The third kappa shape index (κ3) is 4.74. The number of carbonyl (C=O) groups is 4. The smallest absolute Gasteiger partial charge is 0.238 e. The maximum atomic E-state index is 15.2. The van der Waals surface area contributed by atoms with Crippen molar-refractivity contribution in [3.8, 4) is 17.2 Å². The van der Waals surface area contributed by atoms with Crippen LogP contribution in [0.3, 0.4) is 0 Å². The number of allylic oxidation sites excluding steroid dienone is 4. The molecular formula is C44H37NO7. The molecule has 2 fully saturated rings. The maximum Gasteiger partial charge on any atom is 0.238 e. The van der Waals surface area contributed by atoms with E-state index >= 15 is 9.59 Å². The summed E-state index contributed by atoms with van der Waals surface area (Å²) in [7, 11) is 2.87. The Morgan fingerprint density at radius 3 is 2.08 bits per heavy atom. The molecule has 1 N–H and O–H groups in total. The first-order valence-electron chi connectivity index (χ1n) is 17.4. The Balaban J connectivity index is 1.37. The van der Waals surface area contributed by atoms with Crippen molar-refractivity contribution in [1.82, 2.24) is 0 Å². The summed E-state index contributed by atoms with van der Waals surface area (Å²) in [5.41, 5.74) is 2.92. The molecule has 1 heterocycles. The molecule has 8 nitrogen and oxygen atoms in total. The quantitative estimate of drug-likeness (QED) is 0.163. The number of rotatable bonds is 7. The number of hydrogen-bond acceptors (Lipinski definition) is 7. The number of amides is 2. The van der Waals surface area contributed by atoms with Crippen molar-refractivity contribution in [2.75, 3.05) is 19.1 Å². The minimum atomic E-state index is -1.43. The van der Waals surface area contributed by atoms with Gasteiger partial charge in [-0.25, -0.2) is 0 Å². The highest BCUT2D eigenvalue weighted by atomic mass is 16.5. The molecule has 4 aromatic carbocycles. The van der Waals surface area contributed by atoms with E-state index in [4.69, 9.17) is 9.47 Å². The second kappa shape index (κ2) is 12.6. The van der Waals surface area contributed by atoms with Crippen LogP contribution >= 0.6 is 0 Å². The third-order valence-electron chi connectivity index (χ3n) is 11.6. The number of fused-ring (bicyclic) bond motifs is 4. The number of ketones is 2. The molecule has 4 aliphatic rings. The Morgan fingerprint density at radius 1 is 0.827 bits per heavy atom. The van der Waals surface area contributed by atoms with Crippen LogP contribution in [0.25, 0.3) is 11.6 Å². The second-order valence-electron chi connectivity index (χ2n) is 13.9. The van der Waals surface area contributed by atoms with Gasteiger partial charge in [0.25, 0.3) is 0 Å². The minimum Gasteiger partial charge on any atom is -0.502 e. The van der Waals surface area contributed by atoms with Gasteiger partial charge in [0.05, 0.1) is 37.2 Å². The van der Waals surface area contributed by atoms with Gasteiger partial charge in [-0.05, 0) is 71.4 Å². The number of imide groups is 1. The number of hydrogen-bond donors (Lipinski definition) is 1. The van der Waals surface area contributed by atoms with Gasteiger partial charge in [-0.15, -0.1) is 0 Å². The van der Waals surface area contributed by atoms with Crippen LogP contribution in [0.2, 0.25) is 0 Å². The first-order valence-corrected chi connectivity index (χ1v) is 17.4. The number of Topliss-reactive ketones (excluding diaryl/α,β-unsaturated/α-hetero) is 1. The maximum absolute atomic E-state index is 15.2. The zero-order chi connectivity index (χ0) is 36.3. The molecule has 0 unspecified atom stereocenters. The van der Waals surface area contributed by atoms with E-state index < -0.39 is 35.0 Å². The van der Waals surface area contributed by atoms with Crippen LogP contribution in [0.15, 0.2) is 121 Å². The highest BCUT2D eigenvalue weighted by Gasteiger charge is 2.66. The number of methoxy groups -OCH3 is 2. The number of aromatic hydroxyl groups is 1. The number of carbonyl (C=O) groups excluding carboxylic acids is 4. The zero-order valence-corrected chi connectivity index (χ0v) is 28.8. The van der Waals surface area contributed by atoms with E-state index in [1.165, 1.54) is 25.2 Å². The van der Waals surface area contributed by atoms with Crippen molar-refractivity contribution < 1.29 is 33.8 Å². The summed E-state index contributed by atoms with van der Waals surface area (Å²) < 4.78 is 11.2. The fourth-order valence-electron chi connectivity index (χ4n) is 9.34. The number of nitrogens with zero attached hydrogens (tertiary/aromatic N) is 1. The van der Waals surface area contributed by atoms with Crippen LogP contribution in [0.5, 0.6) is 17.2 Å². The first-order chi connectivity index (χ1) is 25.2. The van der Waals surface area contributed by atoms with Crippen LogP contribution in [0.1, 0.15) is 41.0 Å². The van der Waals surface area contributed by atoms with Crippen LogP contribution in [-0.4, -0.2) is 42.7 Å². The summed E-state index contributed by atoms with van der Waals surface area (Å²) in [4.78, 5) is 60.4. The van der Waals surface area contributed by atoms with E-state index in [-0.39, 0.29) is 53.5 Å². The summed E-state index contributed by atoms with van der Waals surface area (Å²) in [5.74, 6) is -4.57. The molecule has 1 aliphatic heterocycles. The summed E-state index contributed by atoms with van der Waals surface area (Å²) in [6.45, 7) is 3.81. The monoisotopic (exact) mass is 691 g/mol. The lowest BCUT2D eigenvalue weighted by Crippen LogP contribution is -2.58. The van der Waals surface area contributed by atoms with Crippen molar-refractivity contribution >= 4 is 40.7 Å². The molecule has 0 spiro atoms. The second-order valence-corrected chi connectivity index (χ2v) is 13.9. The molecule has 1 saturated carbocycles. The van der Waals surface area contributed by atoms with Crippen molar-refractivity contribution in [2.45, 2.75) is 24.2 Å². The molecule has 6 atom stereocenters. The van der Waals surface area contributed by atoms with Crippen molar-refractivity contribution in [3.05, 3.63) is 144 Å². The Hall–Kier alpha value is -6.02.